The van der Waals surface area contributed by atoms with Crippen LogP contribution in [0, 0.1) is 23.5 Å². The number of hydrogen-bond acceptors (Lipinski definition) is 3. The Kier molecular flexibility index (Phi) is 6.40. The summed E-state index contributed by atoms with van der Waals surface area (Å²) in [4.78, 5) is 20.4. The van der Waals surface area contributed by atoms with Gasteiger partial charge in [0, 0.05) is 53.8 Å². The Morgan fingerprint density at radius 1 is 1.11 bits per heavy atom. The summed E-state index contributed by atoms with van der Waals surface area (Å²) in [6, 6.07) is 9.83. The Bertz CT molecular complexity index is 1320. The Morgan fingerprint density at radius 3 is 2.62 bits per heavy atom. The first kappa shape index (κ1) is 24.7. The third-order valence-electron chi connectivity index (χ3n) is 9.04. The number of fused-ring (bicyclic) bond motifs is 3. The van der Waals surface area contributed by atoms with E-state index < -0.39 is 11.6 Å². The van der Waals surface area contributed by atoms with Crippen molar-refractivity contribution >= 4 is 34.1 Å². The van der Waals surface area contributed by atoms with Crippen LogP contribution in [0.1, 0.15) is 48.7 Å². The van der Waals surface area contributed by atoms with E-state index in [1.165, 1.54) is 23.4 Å². The van der Waals surface area contributed by atoms with Crippen molar-refractivity contribution in [2.45, 2.75) is 38.0 Å². The van der Waals surface area contributed by atoms with Crippen LogP contribution in [0.5, 0.6) is 0 Å². The molecule has 3 aromatic rings. The highest BCUT2D eigenvalue weighted by molar-refractivity contribution is 6.30. The number of piperidine rings is 2. The molecular formula is C29H33ClF2N4O. The minimum atomic E-state index is -0.654. The zero-order chi connectivity index (χ0) is 25.7. The molecular weight excluding hydrogens is 494 g/mol. The third kappa shape index (κ3) is 4.61. The van der Waals surface area contributed by atoms with Crippen molar-refractivity contribution in [3.05, 3.63) is 64.3 Å². The minimum absolute atomic E-state index is 0.143. The van der Waals surface area contributed by atoms with E-state index in [4.69, 9.17) is 11.6 Å². The largest absolute Gasteiger partial charge is 0.384 e. The van der Waals surface area contributed by atoms with E-state index in [1.54, 1.807) is 0 Å². The fourth-order valence-corrected chi connectivity index (χ4v) is 6.94. The normalized spacial score (nSPS) is 20.8. The zero-order valence-corrected chi connectivity index (χ0v) is 21.9. The first-order valence-corrected chi connectivity index (χ1v) is 13.7. The molecule has 0 saturated carbocycles. The van der Waals surface area contributed by atoms with Gasteiger partial charge in [0.25, 0.3) is 5.91 Å². The van der Waals surface area contributed by atoms with Crippen molar-refractivity contribution in [1.82, 2.24) is 14.8 Å². The maximum absolute atomic E-state index is 14.1. The number of hydrogen-bond donors (Lipinski definition) is 2. The number of aromatic amines is 1. The number of rotatable bonds is 4. The molecule has 0 radical (unpaired) electrons. The molecule has 2 N–H and O–H groups in total. The molecule has 3 aliphatic heterocycles. The van der Waals surface area contributed by atoms with Crippen molar-refractivity contribution < 1.29 is 13.6 Å². The van der Waals surface area contributed by atoms with Gasteiger partial charge in [-0.25, -0.2) is 8.78 Å². The first-order valence-electron chi connectivity index (χ1n) is 13.3. The van der Waals surface area contributed by atoms with Gasteiger partial charge in [-0.3, -0.25) is 4.79 Å². The van der Waals surface area contributed by atoms with Crippen LogP contribution >= 0.6 is 11.6 Å². The van der Waals surface area contributed by atoms with Gasteiger partial charge < -0.3 is 20.1 Å². The van der Waals surface area contributed by atoms with Gasteiger partial charge in [-0.15, -0.1) is 0 Å². The minimum Gasteiger partial charge on any atom is -0.384 e. The monoisotopic (exact) mass is 526 g/mol. The van der Waals surface area contributed by atoms with Crippen molar-refractivity contribution in [2.24, 2.45) is 11.8 Å². The number of nitrogens with zero attached hydrogens (tertiary/aromatic N) is 2. The van der Waals surface area contributed by atoms with Crippen LogP contribution < -0.4 is 5.32 Å². The molecule has 0 aliphatic carbocycles. The van der Waals surface area contributed by atoms with Crippen molar-refractivity contribution in [3.8, 4) is 0 Å². The predicted octanol–water partition coefficient (Wildman–Crippen LogP) is 6.05. The van der Waals surface area contributed by atoms with E-state index in [1.807, 2.05) is 17.0 Å². The number of aromatic nitrogens is 1. The molecule has 37 heavy (non-hydrogen) atoms. The SMILES string of the molecule is CC(CN1CCC2(CC1)CNc1cc(Cl)ccc12)C1CCN(C(=O)c2cc3c(F)cc(F)cc3[nH]2)CC1. The summed E-state index contributed by atoms with van der Waals surface area (Å²) < 4.78 is 27.6. The summed E-state index contributed by atoms with van der Waals surface area (Å²) in [7, 11) is 0. The molecule has 1 unspecified atom stereocenters. The molecule has 6 rings (SSSR count). The van der Waals surface area contributed by atoms with Crippen LogP contribution in [0.2, 0.25) is 5.02 Å². The molecule has 8 heteroatoms. The quantitative estimate of drug-likeness (QED) is 0.435. The molecule has 5 nitrogen and oxygen atoms in total. The molecule has 1 spiro atoms. The van der Waals surface area contributed by atoms with Gasteiger partial charge in [0.2, 0.25) is 0 Å². The fourth-order valence-electron chi connectivity index (χ4n) is 6.77. The van der Waals surface area contributed by atoms with Crippen molar-refractivity contribution in [1.29, 1.82) is 0 Å². The van der Waals surface area contributed by atoms with Crippen LogP contribution in [0.4, 0.5) is 14.5 Å². The van der Waals surface area contributed by atoms with E-state index in [-0.39, 0.29) is 16.7 Å². The Hall–Kier alpha value is -2.64. The summed E-state index contributed by atoms with van der Waals surface area (Å²) in [6.45, 7) is 8.00. The second kappa shape index (κ2) is 9.59. The third-order valence-corrected chi connectivity index (χ3v) is 9.28. The topological polar surface area (TPSA) is 51.4 Å². The molecule has 2 fully saturated rings. The standard InChI is InChI=1S/C29H33ClF2N4O/c1-18(16-35-10-6-29(7-11-35)17-33-26-12-20(30)2-3-23(26)29)19-4-8-36(9-5-19)28(37)27-15-22-24(32)13-21(31)14-25(22)34-27/h2-3,12-15,18-19,33-34H,4-11,16-17H2,1H3. The van der Waals surface area contributed by atoms with E-state index in [0.29, 0.717) is 36.1 Å². The molecule has 3 aliphatic rings. The van der Waals surface area contributed by atoms with E-state index in [9.17, 15) is 13.6 Å². The van der Waals surface area contributed by atoms with Gasteiger partial charge >= 0.3 is 0 Å². The highest BCUT2D eigenvalue weighted by atomic mass is 35.5. The van der Waals surface area contributed by atoms with E-state index in [0.717, 1.165) is 63.0 Å². The first-order chi connectivity index (χ1) is 17.8. The molecule has 4 heterocycles. The maximum atomic E-state index is 14.1. The number of benzene rings is 2. The second-order valence-corrected chi connectivity index (χ2v) is 11.7. The average molecular weight is 527 g/mol. The number of halogens is 3. The molecule has 2 saturated heterocycles. The average Bonchev–Trinajstić information content (AvgIpc) is 3.47. The molecule has 1 aromatic heterocycles. The summed E-state index contributed by atoms with van der Waals surface area (Å²) in [5.74, 6) is -0.317. The zero-order valence-electron chi connectivity index (χ0n) is 21.1. The summed E-state index contributed by atoms with van der Waals surface area (Å²) in [5.41, 5.74) is 3.47. The number of likely N-dealkylation sites (tertiary alicyclic amines) is 2. The van der Waals surface area contributed by atoms with Crippen LogP contribution in [-0.4, -0.2) is 60.0 Å². The Balaban J connectivity index is 1.01. The van der Waals surface area contributed by atoms with Crippen LogP contribution in [0.25, 0.3) is 10.9 Å². The van der Waals surface area contributed by atoms with Gasteiger partial charge in [0.1, 0.15) is 17.3 Å². The number of amides is 1. The van der Waals surface area contributed by atoms with Crippen LogP contribution in [0.3, 0.4) is 0 Å². The summed E-state index contributed by atoms with van der Waals surface area (Å²) >= 11 is 6.19. The van der Waals surface area contributed by atoms with Gasteiger partial charge in [-0.1, -0.05) is 24.6 Å². The lowest BCUT2D eigenvalue weighted by molar-refractivity contribution is 0.0623. The van der Waals surface area contributed by atoms with Gasteiger partial charge in [0.05, 0.1) is 5.52 Å². The molecule has 0 bridgehead atoms. The summed E-state index contributed by atoms with van der Waals surface area (Å²) in [6.07, 6.45) is 4.24. The van der Waals surface area contributed by atoms with E-state index in [2.05, 4.69) is 28.2 Å². The fraction of sp³-hybridized carbons (Fsp3) is 0.483. The highest BCUT2D eigenvalue weighted by Gasteiger charge is 2.41. The van der Waals surface area contributed by atoms with E-state index >= 15 is 0 Å². The lowest BCUT2D eigenvalue weighted by atomic mass is 9.74. The van der Waals surface area contributed by atoms with Crippen molar-refractivity contribution in [3.63, 3.8) is 0 Å². The number of nitrogens with one attached hydrogen (secondary N) is 2. The lowest BCUT2D eigenvalue weighted by Crippen LogP contribution is -2.46. The van der Waals surface area contributed by atoms with Gasteiger partial charge in [-0.2, -0.15) is 0 Å². The van der Waals surface area contributed by atoms with Gasteiger partial charge in [0.15, 0.2) is 0 Å². The summed E-state index contributed by atoms with van der Waals surface area (Å²) in [5, 5.41) is 4.61. The Morgan fingerprint density at radius 2 is 1.86 bits per heavy atom. The second-order valence-electron chi connectivity index (χ2n) is 11.3. The van der Waals surface area contributed by atoms with Crippen LogP contribution in [-0.2, 0) is 5.41 Å². The number of anilines is 1. The predicted molar refractivity (Wildman–Crippen MR) is 143 cm³/mol. The smallest absolute Gasteiger partial charge is 0.270 e. The number of carbonyl (C=O) groups is 1. The Labute approximate surface area is 221 Å². The van der Waals surface area contributed by atoms with Crippen molar-refractivity contribution in [2.75, 3.05) is 44.6 Å². The lowest BCUT2D eigenvalue weighted by Gasteiger charge is -2.42. The molecule has 1 amide bonds. The van der Waals surface area contributed by atoms with Gasteiger partial charge in [-0.05, 0) is 80.4 Å². The number of carbonyl (C=O) groups excluding carboxylic acids is 1. The van der Waals surface area contributed by atoms with Crippen LogP contribution in [0.15, 0.2) is 36.4 Å². The molecule has 1 atom stereocenters. The molecule has 2 aromatic carbocycles. The number of H-pyrrole nitrogens is 1. The molecule has 196 valence electrons. The maximum Gasteiger partial charge on any atom is 0.270 e. The highest BCUT2D eigenvalue weighted by Crippen LogP contribution is 2.45.